The zero-order chi connectivity index (χ0) is 15.9. The lowest BCUT2D eigenvalue weighted by atomic mass is 10.2. The van der Waals surface area contributed by atoms with Crippen molar-refractivity contribution >= 4 is 27.7 Å². The Kier molecular flexibility index (Phi) is 5.66. The normalized spacial score (nSPS) is 9.95. The molecule has 0 heterocycles. The molecule has 2 rings (SSSR count). The molecular formula is C16H16BrNO4. The van der Waals surface area contributed by atoms with E-state index in [0.717, 1.165) is 10.0 Å². The van der Waals surface area contributed by atoms with Crippen LogP contribution in [0.5, 0.6) is 11.5 Å². The zero-order valence-electron chi connectivity index (χ0n) is 12.3. The molecule has 1 N–H and O–H groups in total. The third-order valence-corrected chi connectivity index (χ3v) is 3.37. The van der Waals surface area contributed by atoms with Crippen LogP contribution >= 0.6 is 15.9 Å². The quantitative estimate of drug-likeness (QED) is 0.861. The maximum Gasteiger partial charge on any atom is 0.412 e. The molecule has 0 unspecified atom stereocenters. The van der Waals surface area contributed by atoms with Crippen molar-refractivity contribution in [3.05, 3.63) is 52.5 Å². The molecule has 0 aliphatic heterocycles. The van der Waals surface area contributed by atoms with Crippen LogP contribution in [0.1, 0.15) is 5.56 Å². The fraction of sp³-hybridized carbons (Fsp3) is 0.188. The van der Waals surface area contributed by atoms with E-state index in [1.807, 2.05) is 30.3 Å². The van der Waals surface area contributed by atoms with E-state index in [1.165, 1.54) is 14.2 Å². The monoisotopic (exact) mass is 365 g/mol. The van der Waals surface area contributed by atoms with Crippen LogP contribution in [0, 0.1) is 0 Å². The standard InChI is InChI=1S/C16H16BrNO4/c1-20-13-8-12(17)9-14(21-2)15(13)18-16(19)22-10-11-6-4-3-5-7-11/h3-9H,10H2,1-2H3,(H,18,19). The lowest BCUT2D eigenvalue weighted by Crippen LogP contribution is -2.15. The first-order chi connectivity index (χ1) is 10.6. The second-order valence-electron chi connectivity index (χ2n) is 4.37. The minimum Gasteiger partial charge on any atom is -0.494 e. The first-order valence-corrected chi connectivity index (χ1v) is 7.32. The van der Waals surface area contributed by atoms with E-state index < -0.39 is 6.09 Å². The first kappa shape index (κ1) is 16.2. The highest BCUT2D eigenvalue weighted by atomic mass is 79.9. The SMILES string of the molecule is COc1cc(Br)cc(OC)c1NC(=O)OCc1ccccc1. The first-order valence-electron chi connectivity index (χ1n) is 6.53. The second-order valence-corrected chi connectivity index (χ2v) is 5.29. The van der Waals surface area contributed by atoms with Crippen LogP contribution in [-0.4, -0.2) is 20.3 Å². The molecule has 22 heavy (non-hydrogen) atoms. The van der Waals surface area contributed by atoms with Gasteiger partial charge in [0.05, 0.1) is 14.2 Å². The van der Waals surface area contributed by atoms with E-state index in [4.69, 9.17) is 14.2 Å². The molecule has 0 aliphatic rings. The van der Waals surface area contributed by atoms with Gasteiger partial charge in [0.15, 0.2) is 0 Å². The summed E-state index contributed by atoms with van der Waals surface area (Å²) in [5.41, 5.74) is 1.33. The molecule has 0 atom stereocenters. The lowest BCUT2D eigenvalue weighted by molar-refractivity contribution is 0.155. The van der Waals surface area contributed by atoms with Gasteiger partial charge >= 0.3 is 6.09 Å². The molecule has 0 radical (unpaired) electrons. The van der Waals surface area contributed by atoms with Gasteiger partial charge in [-0.15, -0.1) is 0 Å². The number of anilines is 1. The number of methoxy groups -OCH3 is 2. The molecule has 0 aromatic heterocycles. The Morgan fingerprint density at radius 1 is 1.09 bits per heavy atom. The fourth-order valence-electron chi connectivity index (χ4n) is 1.86. The molecule has 2 aromatic carbocycles. The van der Waals surface area contributed by atoms with Gasteiger partial charge in [-0.2, -0.15) is 0 Å². The average molecular weight is 366 g/mol. The highest BCUT2D eigenvalue weighted by Crippen LogP contribution is 2.37. The molecule has 1 amide bonds. The summed E-state index contributed by atoms with van der Waals surface area (Å²) in [5, 5.41) is 2.65. The van der Waals surface area contributed by atoms with Crippen molar-refractivity contribution in [2.45, 2.75) is 6.61 Å². The van der Waals surface area contributed by atoms with Gasteiger partial charge in [0.1, 0.15) is 23.8 Å². The van der Waals surface area contributed by atoms with Crippen molar-refractivity contribution in [1.82, 2.24) is 0 Å². The van der Waals surface area contributed by atoms with E-state index in [-0.39, 0.29) is 6.61 Å². The number of halogens is 1. The van der Waals surface area contributed by atoms with Crippen LogP contribution in [-0.2, 0) is 11.3 Å². The van der Waals surface area contributed by atoms with Crippen molar-refractivity contribution in [3.8, 4) is 11.5 Å². The maximum absolute atomic E-state index is 12.0. The number of amides is 1. The molecule has 5 nitrogen and oxygen atoms in total. The topological polar surface area (TPSA) is 56.8 Å². The summed E-state index contributed by atoms with van der Waals surface area (Å²) < 4.78 is 16.5. The third-order valence-electron chi connectivity index (χ3n) is 2.91. The molecule has 116 valence electrons. The molecule has 0 saturated carbocycles. The lowest BCUT2D eigenvalue weighted by Gasteiger charge is -2.14. The number of rotatable bonds is 5. The highest BCUT2D eigenvalue weighted by molar-refractivity contribution is 9.10. The summed E-state index contributed by atoms with van der Waals surface area (Å²) in [6.07, 6.45) is -0.581. The molecule has 2 aromatic rings. The van der Waals surface area contributed by atoms with Crippen molar-refractivity contribution in [2.75, 3.05) is 19.5 Å². The molecule has 0 spiro atoms. The Bertz CT molecular complexity index is 621. The summed E-state index contributed by atoms with van der Waals surface area (Å²) in [6, 6.07) is 12.9. The van der Waals surface area contributed by atoms with Crippen LogP contribution in [0.25, 0.3) is 0 Å². The fourth-order valence-corrected chi connectivity index (χ4v) is 2.28. The van der Waals surface area contributed by atoms with Gasteiger partial charge in [0.2, 0.25) is 0 Å². The number of carbonyl (C=O) groups excluding carboxylic acids is 1. The van der Waals surface area contributed by atoms with Crippen LogP contribution in [0.2, 0.25) is 0 Å². The van der Waals surface area contributed by atoms with Gasteiger partial charge in [0.25, 0.3) is 0 Å². The zero-order valence-corrected chi connectivity index (χ0v) is 13.8. The van der Waals surface area contributed by atoms with E-state index in [2.05, 4.69) is 21.2 Å². The predicted octanol–water partition coefficient (Wildman–Crippen LogP) is 4.22. The Labute approximate surface area is 137 Å². The van der Waals surface area contributed by atoms with E-state index in [1.54, 1.807) is 12.1 Å². The van der Waals surface area contributed by atoms with Gasteiger partial charge in [-0.25, -0.2) is 4.79 Å². The van der Waals surface area contributed by atoms with Gasteiger partial charge < -0.3 is 14.2 Å². The number of carbonyl (C=O) groups is 1. The van der Waals surface area contributed by atoms with Crippen LogP contribution in [0.15, 0.2) is 46.9 Å². The number of nitrogens with one attached hydrogen (secondary N) is 1. The van der Waals surface area contributed by atoms with E-state index >= 15 is 0 Å². The van der Waals surface area contributed by atoms with Crippen molar-refractivity contribution in [3.63, 3.8) is 0 Å². The molecule has 0 fully saturated rings. The smallest absolute Gasteiger partial charge is 0.412 e. The minimum atomic E-state index is -0.581. The Balaban J connectivity index is 2.08. The Hall–Kier alpha value is -2.21. The van der Waals surface area contributed by atoms with E-state index in [9.17, 15) is 4.79 Å². The van der Waals surface area contributed by atoms with Gasteiger partial charge in [-0.1, -0.05) is 46.3 Å². The maximum atomic E-state index is 12.0. The molecular weight excluding hydrogens is 350 g/mol. The van der Waals surface area contributed by atoms with Crippen LogP contribution in [0.3, 0.4) is 0 Å². The molecule has 0 bridgehead atoms. The Morgan fingerprint density at radius 2 is 1.68 bits per heavy atom. The number of hydrogen-bond acceptors (Lipinski definition) is 4. The number of hydrogen-bond donors (Lipinski definition) is 1. The summed E-state index contributed by atoms with van der Waals surface area (Å²) in [6.45, 7) is 0.188. The van der Waals surface area contributed by atoms with Crippen molar-refractivity contribution < 1.29 is 19.0 Å². The third kappa shape index (κ3) is 4.14. The number of ether oxygens (including phenoxy) is 3. The largest absolute Gasteiger partial charge is 0.494 e. The average Bonchev–Trinajstić information content (AvgIpc) is 2.55. The van der Waals surface area contributed by atoms with Gasteiger partial charge in [-0.05, 0) is 17.7 Å². The molecule has 0 aliphatic carbocycles. The van der Waals surface area contributed by atoms with Crippen molar-refractivity contribution in [2.24, 2.45) is 0 Å². The second kappa shape index (κ2) is 7.70. The summed E-state index contributed by atoms with van der Waals surface area (Å²) >= 11 is 3.35. The number of benzene rings is 2. The summed E-state index contributed by atoms with van der Waals surface area (Å²) in [4.78, 5) is 12.0. The highest BCUT2D eigenvalue weighted by Gasteiger charge is 2.15. The molecule has 6 heteroatoms. The summed E-state index contributed by atoms with van der Waals surface area (Å²) in [5.74, 6) is 0.950. The Morgan fingerprint density at radius 3 is 2.23 bits per heavy atom. The molecule has 0 saturated heterocycles. The minimum absolute atomic E-state index is 0.188. The summed E-state index contributed by atoms with van der Waals surface area (Å²) in [7, 11) is 3.03. The van der Waals surface area contributed by atoms with Crippen LogP contribution < -0.4 is 14.8 Å². The predicted molar refractivity (Wildman–Crippen MR) is 87.5 cm³/mol. The van der Waals surface area contributed by atoms with Gasteiger partial charge in [-0.3, -0.25) is 5.32 Å². The van der Waals surface area contributed by atoms with Crippen molar-refractivity contribution in [1.29, 1.82) is 0 Å². The van der Waals surface area contributed by atoms with Crippen LogP contribution in [0.4, 0.5) is 10.5 Å². The van der Waals surface area contributed by atoms with E-state index in [0.29, 0.717) is 17.2 Å². The van der Waals surface area contributed by atoms with Gasteiger partial charge in [0, 0.05) is 4.47 Å².